The van der Waals surface area contributed by atoms with Gasteiger partial charge in [0.15, 0.2) is 0 Å². The van der Waals surface area contributed by atoms with Gasteiger partial charge in [0.05, 0.1) is 0 Å². The maximum absolute atomic E-state index is 12.6. The van der Waals surface area contributed by atoms with Gasteiger partial charge in [0.1, 0.15) is 0 Å². The molecule has 0 fully saturated rings. The van der Waals surface area contributed by atoms with Gasteiger partial charge in [-0.25, -0.2) is 0 Å². The molecule has 3 aromatic carbocycles. The molecule has 2 N–H and O–H groups in total. The van der Waals surface area contributed by atoms with Gasteiger partial charge in [0, 0.05) is 23.5 Å². The third-order valence-electron chi connectivity index (χ3n) is 4.46. The van der Waals surface area contributed by atoms with Gasteiger partial charge in [-0.05, 0) is 54.3 Å². The van der Waals surface area contributed by atoms with E-state index in [9.17, 15) is 4.79 Å². The van der Waals surface area contributed by atoms with Crippen LogP contribution >= 0.6 is 0 Å². The van der Waals surface area contributed by atoms with E-state index in [2.05, 4.69) is 35.8 Å². The second kappa shape index (κ2) is 8.34. The molecule has 0 aliphatic carbocycles. The molecule has 0 spiro atoms. The Labute approximate surface area is 155 Å². The summed E-state index contributed by atoms with van der Waals surface area (Å²) in [5.41, 5.74) is 6.07. The Bertz CT molecular complexity index is 902. The average molecular weight is 344 g/mol. The minimum absolute atomic E-state index is 0.0879. The Morgan fingerprint density at radius 2 is 1.62 bits per heavy atom. The predicted octanol–water partition coefficient (Wildman–Crippen LogP) is 5.42. The predicted molar refractivity (Wildman–Crippen MR) is 109 cm³/mol. The van der Waals surface area contributed by atoms with Crippen molar-refractivity contribution in [1.29, 1.82) is 0 Å². The summed E-state index contributed by atoms with van der Waals surface area (Å²) in [6.07, 6.45) is 0.988. The van der Waals surface area contributed by atoms with Crippen molar-refractivity contribution < 1.29 is 4.79 Å². The molecule has 1 amide bonds. The molecule has 3 rings (SSSR count). The van der Waals surface area contributed by atoms with E-state index in [1.165, 1.54) is 5.56 Å². The first-order chi connectivity index (χ1) is 12.7. The molecule has 0 saturated heterocycles. The smallest absolute Gasteiger partial charge is 0.255 e. The third-order valence-corrected chi connectivity index (χ3v) is 4.46. The Kier molecular flexibility index (Phi) is 5.69. The Morgan fingerprint density at radius 1 is 0.885 bits per heavy atom. The van der Waals surface area contributed by atoms with Gasteiger partial charge in [-0.15, -0.1) is 0 Å². The van der Waals surface area contributed by atoms with Gasteiger partial charge in [-0.1, -0.05) is 55.5 Å². The molecule has 26 heavy (non-hydrogen) atoms. The van der Waals surface area contributed by atoms with Crippen LogP contribution in [0.25, 0.3) is 0 Å². The van der Waals surface area contributed by atoms with Crippen molar-refractivity contribution in [2.24, 2.45) is 0 Å². The number of amides is 1. The lowest BCUT2D eigenvalue weighted by Crippen LogP contribution is -2.13. The molecule has 132 valence electrons. The molecule has 0 aliphatic heterocycles. The van der Waals surface area contributed by atoms with Crippen molar-refractivity contribution in [3.63, 3.8) is 0 Å². The lowest BCUT2D eigenvalue weighted by molar-refractivity contribution is 0.102. The fourth-order valence-corrected chi connectivity index (χ4v) is 2.93. The van der Waals surface area contributed by atoms with E-state index >= 15 is 0 Å². The van der Waals surface area contributed by atoms with Crippen LogP contribution in [0.5, 0.6) is 0 Å². The van der Waals surface area contributed by atoms with Crippen LogP contribution in [0.4, 0.5) is 11.4 Å². The molecule has 3 nitrogen and oxygen atoms in total. The Balaban J connectivity index is 1.70. The van der Waals surface area contributed by atoms with Crippen molar-refractivity contribution in [3.05, 3.63) is 95.1 Å². The standard InChI is InChI=1S/C23H24N2O/c1-3-19-11-5-7-14-22(19)24-16-18-10-8-12-20(15-18)23(26)25-21-13-6-4-9-17(21)2/h4-15,24H,3,16H2,1-2H3,(H,25,26). The Morgan fingerprint density at radius 3 is 2.38 bits per heavy atom. The van der Waals surface area contributed by atoms with Gasteiger partial charge in [0.2, 0.25) is 0 Å². The fraction of sp³-hybridized carbons (Fsp3) is 0.174. The van der Waals surface area contributed by atoms with Gasteiger partial charge < -0.3 is 10.6 Å². The lowest BCUT2D eigenvalue weighted by Gasteiger charge is -2.12. The van der Waals surface area contributed by atoms with Crippen LogP contribution in [0.15, 0.2) is 72.8 Å². The van der Waals surface area contributed by atoms with Crippen LogP contribution in [0.2, 0.25) is 0 Å². The Hall–Kier alpha value is -3.07. The summed E-state index contributed by atoms with van der Waals surface area (Å²) in [4.78, 5) is 12.6. The third kappa shape index (κ3) is 4.31. The van der Waals surface area contributed by atoms with E-state index in [0.717, 1.165) is 28.9 Å². The molecule has 0 aromatic heterocycles. The number of nitrogens with one attached hydrogen (secondary N) is 2. The number of benzene rings is 3. The SMILES string of the molecule is CCc1ccccc1NCc1cccc(C(=O)Nc2ccccc2C)c1. The van der Waals surface area contributed by atoms with Crippen LogP contribution in [0, 0.1) is 6.92 Å². The van der Waals surface area contributed by atoms with E-state index < -0.39 is 0 Å². The van der Waals surface area contributed by atoms with Gasteiger partial charge >= 0.3 is 0 Å². The highest BCUT2D eigenvalue weighted by atomic mass is 16.1. The summed E-state index contributed by atoms with van der Waals surface area (Å²) in [6.45, 7) is 4.82. The topological polar surface area (TPSA) is 41.1 Å². The first-order valence-electron chi connectivity index (χ1n) is 8.95. The zero-order valence-corrected chi connectivity index (χ0v) is 15.3. The quantitative estimate of drug-likeness (QED) is 0.627. The highest BCUT2D eigenvalue weighted by Gasteiger charge is 2.08. The summed E-state index contributed by atoms with van der Waals surface area (Å²) >= 11 is 0. The molecule has 0 radical (unpaired) electrons. The summed E-state index contributed by atoms with van der Waals surface area (Å²) in [7, 11) is 0. The number of carbonyl (C=O) groups is 1. The van der Waals surface area contributed by atoms with Crippen LogP contribution in [0.3, 0.4) is 0 Å². The summed E-state index contributed by atoms with van der Waals surface area (Å²) in [5.74, 6) is -0.0879. The van der Waals surface area contributed by atoms with Gasteiger partial charge in [-0.2, -0.15) is 0 Å². The molecule has 0 bridgehead atoms. The fourth-order valence-electron chi connectivity index (χ4n) is 2.93. The van der Waals surface area contributed by atoms with Crippen molar-refractivity contribution in [2.75, 3.05) is 10.6 Å². The molecule has 0 atom stereocenters. The number of hydrogen-bond acceptors (Lipinski definition) is 2. The second-order valence-electron chi connectivity index (χ2n) is 6.33. The molecule has 3 aromatic rings. The first-order valence-corrected chi connectivity index (χ1v) is 8.95. The molecule has 0 unspecified atom stereocenters. The summed E-state index contributed by atoms with van der Waals surface area (Å²) in [5, 5.41) is 6.46. The van der Waals surface area contributed by atoms with E-state index in [0.29, 0.717) is 12.1 Å². The largest absolute Gasteiger partial charge is 0.381 e. The van der Waals surface area contributed by atoms with Crippen LogP contribution in [-0.4, -0.2) is 5.91 Å². The van der Waals surface area contributed by atoms with E-state index in [1.807, 2.05) is 61.5 Å². The van der Waals surface area contributed by atoms with Gasteiger partial charge in [0.25, 0.3) is 5.91 Å². The maximum atomic E-state index is 12.6. The zero-order valence-electron chi connectivity index (χ0n) is 15.3. The number of anilines is 2. The molecule has 0 heterocycles. The van der Waals surface area contributed by atoms with Crippen molar-refractivity contribution in [3.8, 4) is 0 Å². The lowest BCUT2D eigenvalue weighted by atomic mass is 10.1. The normalized spacial score (nSPS) is 10.4. The van der Waals surface area contributed by atoms with Crippen LogP contribution in [0.1, 0.15) is 34.0 Å². The molecule has 0 saturated carbocycles. The molecule has 3 heteroatoms. The highest BCUT2D eigenvalue weighted by molar-refractivity contribution is 6.04. The minimum Gasteiger partial charge on any atom is -0.381 e. The first kappa shape index (κ1) is 17.7. The van der Waals surface area contributed by atoms with Crippen molar-refractivity contribution in [2.45, 2.75) is 26.8 Å². The number of para-hydroxylation sites is 2. The van der Waals surface area contributed by atoms with Gasteiger partial charge in [-0.3, -0.25) is 4.79 Å². The summed E-state index contributed by atoms with van der Waals surface area (Å²) in [6, 6.07) is 23.9. The molecule has 0 aliphatic rings. The molecular formula is C23H24N2O. The van der Waals surface area contributed by atoms with Crippen molar-refractivity contribution >= 4 is 17.3 Å². The van der Waals surface area contributed by atoms with E-state index in [4.69, 9.17) is 0 Å². The van der Waals surface area contributed by atoms with E-state index in [1.54, 1.807) is 0 Å². The highest BCUT2D eigenvalue weighted by Crippen LogP contribution is 2.18. The average Bonchev–Trinajstić information content (AvgIpc) is 2.68. The minimum atomic E-state index is -0.0879. The van der Waals surface area contributed by atoms with Crippen LogP contribution < -0.4 is 10.6 Å². The zero-order chi connectivity index (χ0) is 18.4. The number of carbonyl (C=O) groups excluding carboxylic acids is 1. The number of rotatable bonds is 6. The monoisotopic (exact) mass is 344 g/mol. The number of aryl methyl sites for hydroxylation is 2. The van der Waals surface area contributed by atoms with Crippen molar-refractivity contribution in [1.82, 2.24) is 0 Å². The second-order valence-corrected chi connectivity index (χ2v) is 6.33. The van der Waals surface area contributed by atoms with Crippen LogP contribution in [-0.2, 0) is 13.0 Å². The van der Waals surface area contributed by atoms with E-state index in [-0.39, 0.29) is 5.91 Å². The molecular weight excluding hydrogens is 320 g/mol. The maximum Gasteiger partial charge on any atom is 0.255 e. The number of hydrogen-bond donors (Lipinski definition) is 2. The summed E-state index contributed by atoms with van der Waals surface area (Å²) < 4.78 is 0.